The van der Waals surface area contributed by atoms with Crippen LogP contribution in [0, 0.1) is 5.82 Å². The maximum atomic E-state index is 13.6. The maximum absolute atomic E-state index is 13.6. The molecule has 4 rings (SSSR count). The Morgan fingerprint density at radius 3 is 2.21 bits per heavy atom. The van der Waals surface area contributed by atoms with E-state index < -0.39 is 11.5 Å². The van der Waals surface area contributed by atoms with Gasteiger partial charge in [-0.05, 0) is 62.6 Å². The number of benzene rings is 2. The first kappa shape index (κ1) is 23.0. The molecule has 0 radical (unpaired) electrons. The standard InChI is InChI=1S/C26H30FN3O3/c1-17(2)30-24(32)21-8-6-5-7-20(21)22(25(33)28(3)4)26(30)13-15-29(16-14-26)23(31)18-9-11-19(27)12-10-18/h5-12,17,22H,13-16H2,1-4H3. The molecule has 1 atom stereocenters. The van der Waals surface area contributed by atoms with Crippen LogP contribution in [0.15, 0.2) is 48.5 Å². The number of halogens is 1. The van der Waals surface area contributed by atoms with Gasteiger partial charge in [-0.3, -0.25) is 14.4 Å². The van der Waals surface area contributed by atoms with Crippen LogP contribution in [-0.4, -0.2) is 71.2 Å². The van der Waals surface area contributed by atoms with Gasteiger partial charge in [-0.2, -0.15) is 0 Å². The molecule has 2 aromatic rings. The number of piperidine rings is 1. The van der Waals surface area contributed by atoms with Crippen LogP contribution >= 0.6 is 0 Å². The number of hydrogen-bond donors (Lipinski definition) is 0. The summed E-state index contributed by atoms with van der Waals surface area (Å²) in [5.74, 6) is -1.17. The van der Waals surface area contributed by atoms with Crippen molar-refractivity contribution in [3.8, 4) is 0 Å². The number of likely N-dealkylation sites (N-methyl/N-ethyl adjacent to an activating group) is 1. The SMILES string of the molecule is CC(C)N1C(=O)c2ccccc2C(C(=O)N(C)C)C12CCN(C(=O)c1ccc(F)cc1)CC2. The van der Waals surface area contributed by atoms with Crippen molar-refractivity contribution in [1.82, 2.24) is 14.7 Å². The van der Waals surface area contributed by atoms with Gasteiger partial charge in [0.1, 0.15) is 5.82 Å². The molecule has 33 heavy (non-hydrogen) atoms. The number of carbonyl (C=O) groups is 3. The zero-order chi connectivity index (χ0) is 23.9. The molecule has 1 fully saturated rings. The monoisotopic (exact) mass is 451 g/mol. The Morgan fingerprint density at radius 2 is 1.64 bits per heavy atom. The van der Waals surface area contributed by atoms with E-state index in [9.17, 15) is 18.8 Å². The first-order valence-electron chi connectivity index (χ1n) is 11.4. The third-order valence-corrected chi connectivity index (χ3v) is 6.95. The summed E-state index contributed by atoms with van der Waals surface area (Å²) < 4.78 is 13.3. The molecule has 2 heterocycles. The summed E-state index contributed by atoms with van der Waals surface area (Å²) in [6.07, 6.45) is 0.977. The summed E-state index contributed by atoms with van der Waals surface area (Å²) in [6.45, 7) is 4.76. The van der Waals surface area contributed by atoms with Crippen LogP contribution in [0.1, 0.15) is 58.9 Å². The summed E-state index contributed by atoms with van der Waals surface area (Å²) in [4.78, 5) is 45.4. The van der Waals surface area contributed by atoms with Crippen LogP contribution in [0.2, 0.25) is 0 Å². The molecule has 7 heteroatoms. The number of carbonyl (C=O) groups excluding carboxylic acids is 3. The van der Waals surface area contributed by atoms with Gasteiger partial charge in [0.25, 0.3) is 11.8 Å². The smallest absolute Gasteiger partial charge is 0.254 e. The van der Waals surface area contributed by atoms with E-state index in [0.717, 1.165) is 5.56 Å². The van der Waals surface area contributed by atoms with Crippen LogP contribution in [-0.2, 0) is 4.79 Å². The third kappa shape index (κ3) is 3.79. The number of hydrogen-bond acceptors (Lipinski definition) is 3. The lowest BCUT2D eigenvalue weighted by Crippen LogP contribution is -2.67. The zero-order valence-corrected chi connectivity index (χ0v) is 19.5. The predicted molar refractivity (Wildman–Crippen MR) is 123 cm³/mol. The molecule has 1 unspecified atom stereocenters. The maximum Gasteiger partial charge on any atom is 0.254 e. The summed E-state index contributed by atoms with van der Waals surface area (Å²) in [5.41, 5.74) is 1.04. The van der Waals surface area contributed by atoms with E-state index in [-0.39, 0.29) is 29.6 Å². The van der Waals surface area contributed by atoms with Gasteiger partial charge in [0.05, 0.1) is 11.5 Å². The van der Waals surface area contributed by atoms with E-state index in [1.807, 2.05) is 36.9 Å². The highest BCUT2D eigenvalue weighted by molar-refractivity contribution is 6.02. The van der Waals surface area contributed by atoms with Crippen molar-refractivity contribution in [1.29, 1.82) is 0 Å². The molecule has 1 spiro atoms. The van der Waals surface area contributed by atoms with E-state index >= 15 is 0 Å². The Balaban J connectivity index is 1.73. The fourth-order valence-corrected chi connectivity index (χ4v) is 5.48. The largest absolute Gasteiger partial charge is 0.348 e. The number of amides is 3. The fraction of sp³-hybridized carbons (Fsp3) is 0.423. The van der Waals surface area contributed by atoms with Gasteiger partial charge >= 0.3 is 0 Å². The molecule has 2 aliphatic rings. The minimum absolute atomic E-state index is 0.0427. The van der Waals surface area contributed by atoms with Gasteiger partial charge in [0.2, 0.25) is 5.91 Å². The molecule has 0 saturated carbocycles. The van der Waals surface area contributed by atoms with Crippen molar-refractivity contribution in [3.05, 3.63) is 71.0 Å². The molecule has 0 aromatic heterocycles. The molecular formula is C26H30FN3O3. The highest BCUT2D eigenvalue weighted by Crippen LogP contribution is 2.48. The Morgan fingerprint density at radius 1 is 1.03 bits per heavy atom. The highest BCUT2D eigenvalue weighted by atomic mass is 19.1. The molecule has 0 bridgehead atoms. The minimum Gasteiger partial charge on any atom is -0.348 e. The lowest BCUT2D eigenvalue weighted by atomic mass is 9.66. The Bertz CT molecular complexity index is 1070. The number of fused-ring (bicyclic) bond motifs is 1. The summed E-state index contributed by atoms with van der Waals surface area (Å²) >= 11 is 0. The van der Waals surface area contributed by atoms with E-state index in [4.69, 9.17) is 0 Å². The zero-order valence-electron chi connectivity index (χ0n) is 19.5. The Hall–Kier alpha value is -3.22. The van der Waals surface area contributed by atoms with Crippen LogP contribution in [0.5, 0.6) is 0 Å². The van der Waals surface area contributed by atoms with E-state index in [2.05, 4.69) is 0 Å². The first-order chi connectivity index (χ1) is 15.7. The van der Waals surface area contributed by atoms with Crippen molar-refractivity contribution < 1.29 is 18.8 Å². The summed E-state index contributed by atoms with van der Waals surface area (Å²) in [6, 6.07) is 12.8. The van der Waals surface area contributed by atoms with Crippen molar-refractivity contribution in [3.63, 3.8) is 0 Å². The predicted octanol–water partition coefficient (Wildman–Crippen LogP) is 3.54. The fourth-order valence-electron chi connectivity index (χ4n) is 5.48. The lowest BCUT2D eigenvalue weighted by Gasteiger charge is -2.56. The van der Waals surface area contributed by atoms with Crippen LogP contribution in [0.25, 0.3) is 0 Å². The number of likely N-dealkylation sites (tertiary alicyclic amines) is 1. The van der Waals surface area contributed by atoms with E-state index in [0.29, 0.717) is 37.1 Å². The Labute approximate surface area is 194 Å². The van der Waals surface area contributed by atoms with Crippen molar-refractivity contribution >= 4 is 17.7 Å². The topological polar surface area (TPSA) is 60.9 Å². The third-order valence-electron chi connectivity index (χ3n) is 6.95. The van der Waals surface area contributed by atoms with Crippen molar-refractivity contribution in [2.45, 2.75) is 44.2 Å². The quantitative estimate of drug-likeness (QED) is 0.717. The molecule has 0 N–H and O–H groups in total. The van der Waals surface area contributed by atoms with Crippen LogP contribution in [0.4, 0.5) is 4.39 Å². The van der Waals surface area contributed by atoms with E-state index in [1.165, 1.54) is 24.3 Å². The molecule has 0 aliphatic carbocycles. The number of nitrogens with zero attached hydrogens (tertiary/aromatic N) is 3. The van der Waals surface area contributed by atoms with Gasteiger partial charge < -0.3 is 14.7 Å². The van der Waals surface area contributed by atoms with Gasteiger partial charge in [-0.1, -0.05) is 18.2 Å². The molecule has 174 valence electrons. The molecular weight excluding hydrogens is 421 g/mol. The van der Waals surface area contributed by atoms with Crippen molar-refractivity contribution in [2.75, 3.05) is 27.2 Å². The van der Waals surface area contributed by atoms with Gasteiger partial charge in [-0.15, -0.1) is 0 Å². The van der Waals surface area contributed by atoms with Crippen LogP contribution in [0.3, 0.4) is 0 Å². The van der Waals surface area contributed by atoms with Gasteiger partial charge in [0.15, 0.2) is 0 Å². The van der Waals surface area contributed by atoms with Gasteiger partial charge in [-0.25, -0.2) is 4.39 Å². The van der Waals surface area contributed by atoms with E-state index in [1.54, 1.807) is 30.0 Å². The molecule has 3 amide bonds. The molecule has 2 aliphatic heterocycles. The molecule has 1 saturated heterocycles. The second-order valence-electron chi connectivity index (χ2n) is 9.42. The normalized spacial score (nSPS) is 19.6. The molecule has 2 aromatic carbocycles. The average molecular weight is 452 g/mol. The average Bonchev–Trinajstić information content (AvgIpc) is 2.79. The molecule has 6 nitrogen and oxygen atoms in total. The highest BCUT2D eigenvalue weighted by Gasteiger charge is 2.56. The second kappa shape index (κ2) is 8.61. The Kier molecular flexibility index (Phi) is 5.99. The van der Waals surface area contributed by atoms with Crippen LogP contribution < -0.4 is 0 Å². The van der Waals surface area contributed by atoms with Crippen molar-refractivity contribution in [2.24, 2.45) is 0 Å². The lowest BCUT2D eigenvalue weighted by molar-refractivity contribution is -0.136. The second-order valence-corrected chi connectivity index (χ2v) is 9.42. The van der Waals surface area contributed by atoms with Gasteiger partial charge in [0, 0.05) is 44.4 Å². The minimum atomic E-state index is -0.722. The first-order valence-corrected chi connectivity index (χ1v) is 11.4. The number of rotatable bonds is 3. The summed E-state index contributed by atoms with van der Waals surface area (Å²) in [7, 11) is 3.48. The summed E-state index contributed by atoms with van der Waals surface area (Å²) in [5, 5.41) is 0.